The van der Waals surface area contributed by atoms with Crippen molar-refractivity contribution < 1.29 is 9.47 Å². The van der Waals surface area contributed by atoms with Gasteiger partial charge in [-0.15, -0.1) is 11.8 Å². The highest BCUT2D eigenvalue weighted by molar-refractivity contribution is 7.99. The third-order valence-electron chi connectivity index (χ3n) is 2.93. The van der Waals surface area contributed by atoms with Crippen molar-refractivity contribution >= 4 is 11.8 Å². The van der Waals surface area contributed by atoms with E-state index in [1.807, 2.05) is 17.8 Å². The van der Waals surface area contributed by atoms with Gasteiger partial charge in [0.05, 0.1) is 6.61 Å². The molecule has 3 heteroatoms. The first-order chi connectivity index (χ1) is 8.45. The van der Waals surface area contributed by atoms with E-state index in [4.69, 9.17) is 9.47 Å². The average molecular weight is 252 g/mol. The largest absolute Gasteiger partial charge is 0.381 e. The van der Waals surface area contributed by atoms with Crippen molar-refractivity contribution in [3.8, 4) is 0 Å². The van der Waals surface area contributed by atoms with E-state index in [9.17, 15) is 0 Å². The molecule has 0 aromatic heterocycles. The van der Waals surface area contributed by atoms with Gasteiger partial charge in [0.2, 0.25) is 0 Å². The van der Waals surface area contributed by atoms with Crippen LogP contribution in [0.2, 0.25) is 0 Å². The van der Waals surface area contributed by atoms with E-state index in [2.05, 4.69) is 24.3 Å². The van der Waals surface area contributed by atoms with Gasteiger partial charge in [0, 0.05) is 30.5 Å². The number of ether oxygens (including phenoxy) is 2. The van der Waals surface area contributed by atoms with E-state index in [-0.39, 0.29) is 0 Å². The van der Waals surface area contributed by atoms with E-state index in [0.717, 1.165) is 45.0 Å². The van der Waals surface area contributed by atoms with Crippen LogP contribution in [0.25, 0.3) is 0 Å². The maximum absolute atomic E-state index is 5.72. The molecule has 1 heterocycles. The first kappa shape index (κ1) is 12.9. The predicted octanol–water partition coefficient (Wildman–Crippen LogP) is 3.22. The third kappa shape index (κ3) is 5.11. The molecule has 2 nitrogen and oxygen atoms in total. The van der Waals surface area contributed by atoms with Crippen LogP contribution in [0.4, 0.5) is 0 Å². The van der Waals surface area contributed by atoms with Crippen LogP contribution < -0.4 is 0 Å². The normalized spacial score (nSPS) is 17.2. The van der Waals surface area contributed by atoms with Crippen LogP contribution >= 0.6 is 11.8 Å². The van der Waals surface area contributed by atoms with Crippen molar-refractivity contribution in [3.05, 3.63) is 30.3 Å². The van der Waals surface area contributed by atoms with Crippen LogP contribution in [0.15, 0.2) is 35.2 Å². The smallest absolute Gasteiger partial charge is 0.0560 e. The van der Waals surface area contributed by atoms with E-state index in [1.54, 1.807) is 0 Å². The van der Waals surface area contributed by atoms with Crippen molar-refractivity contribution in [3.63, 3.8) is 0 Å². The fourth-order valence-electron chi connectivity index (χ4n) is 1.90. The van der Waals surface area contributed by atoms with Crippen LogP contribution in [-0.4, -0.2) is 32.2 Å². The van der Waals surface area contributed by atoms with E-state index < -0.39 is 0 Å². The summed E-state index contributed by atoms with van der Waals surface area (Å²) in [6.07, 6.45) is 2.32. The van der Waals surface area contributed by atoms with E-state index in [0.29, 0.717) is 5.92 Å². The summed E-state index contributed by atoms with van der Waals surface area (Å²) in [5.41, 5.74) is 0. The summed E-state index contributed by atoms with van der Waals surface area (Å²) in [4.78, 5) is 1.32. The molecule has 94 valence electrons. The Morgan fingerprint density at radius 2 is 1.94 bits per heavy atom. The van der Waals surface area contributed by atoms with Gasteiger partial charge >= 0.3 is 0 Å². The molecule has 17 heavy (non-hydrogen) atoms. The standard InChI is InChI=1S/C14H20O2S/c1-2-4-14(5-3-1)17-11-10-16-12-13-6-8-15-9-7-13/h1-5,13H,6-12H2. The summed E-state index contributed by atoms with van der Waals surface area (Å²) >= 11 is 1.86. The quantitative estimate of drug-likeness (QED) is 0.572. The summed E-state index contributed by atoms with van der Waals surface area (Å²) in [6.45, 7) is 3.56. The molecule has 0 saturated carbocycles. The van der Waals surface area contributed by atoms with Gasteiger partial charge in [0.25, 0.3) is 0 Å². The lowest BCUT2D eigenvalue weighted by Gasteiger charge is -2.21. The molecule has 0 aliphatic carbocycles. The van der Waals surface area contributed by atoms with Crippen LogP contribution in [0, 0.1) is 5.92 Å². The van der Waals surface area contributed by atoms with Gasteiger partial charge in [-0.2, -0.15) is 0 Å². The highest BCUT2D eigenvalue weighted by atomic mass is 32.2. The van der Waals surface area contributed by atoms with Gasteiger partial charge in [-0.25, -0.2) is 0 Å². The Morgan fingerprint density at radius 3 is 2.71 bits per heavy atom. The highest BCUT2D eigenvalue weighted by Gasteiger charge is 2.13. The van der Waals surface area contributed by atoms with Crippen LogP contribution in [-0.2, 0) is 9.47 Å². The second kappa shape index (κ2) is 7.75. The Labute approximate surface area is 108 Å². The van der Waals surface area contributed by atoms with Crippen molar-refractivity contribution in [2.75, 3.05) is 32.2 Å². The SMILES string of the molecule is c1ccc(SCCOCC2CCOCC2)cc1. The van der Waals surface area contributed by atoms with Gasteiger partial charge in [-0.3, -0.25) is 0 Å². The lowest BCUT2D eigenvalue weighted by Crippen LogP contribution is -2.20. The molecule has 1 aliphatic heterocycles. The molecule has 2 rings (SSSR count). The summed E-state index contributed by atoms with van der Waals surface area (Å²) in [5.74, 6) is 1.75. The Kier molecular flexibility index (Phi) is 5.89. The summed E-state index contributed by atoms with van der Waals surface area (Å²) in [5, 5.41) is 0. The summed E-state index contributed by atoms with van der Waals surface area (Å²) < 4.78 is 11.0. The zero-order valence-electron chi connectivity index (χ0n) is 10.1. The minimum absolute atomic E-state index is 0.713. The molecule has 0 spiro atoms. The van der Waals surface area contributed by atoms with Crippen molar-refractivity contribution in [1.82, 2.24) is 0 Å². The molecule has 0 radical (unpaired) electrons. The number of hydrogen-bond donors (Lipinski definition) is 0. The molecule has 0 atom stereocenters. The Bertz CT molecular complexity index is 296. The fraction of sp³-hybridized carbons (Fsp3) is 0.571. The summed E-state index contributed by atoms with van der Waals surface area (Å²) in [6, 6.07) is 10.5. The fourth-order valence-corrected chi connectivity index (χ4v) is 2.68. The van der Waals surface area contributed by atoms with Gasteiger partial charge in [0.15, 0.2) is 0 Å². The maximum Gasteiger partial charge on any atom is 0.0560 e. The monoisotopic (exact) mass is 252 g/mol. The van der Waals surface area contributed by atoms with Crippen LogP contribution in [0.5, 0.6) is 0 Å². The van der Waals surface area contributed by atoms with Crippen LogP contribution in [0.1, 0.15) is 12.8 Å². The Morgan fingerprint density at radius 1 is 1.18 bits per heavy atom. The first-order valence-corrected chi connectivity index (χ1v) is 7.27. The molecule has 0 N–H and O–H groups in total. The number of rotatable bonds is 6. The molecule has 0 unspecified atom stereocenters. The minimum Gasteiger partial charge on any atom is -0.381 e. The zero-order chi connectivity index (χ0) is 11.8. The molecule has 0 bridgehead atoms. The van der Waals surface area contributed by atoms with Crippen molar-refractivity contribution in [2.45, 2.75) is 17.7 Å². The molecule has 1 aromatic rings. The third-order valence-corrected chi connectivity index (χ3v) is 3.91. The Balaban J connectivity index is 1.51. The van der Waals surface area contributed by atoms with Crippen molar-refractivity contribution in [2.24, 2.45) is 5.92 Å². The average Bonchev–Trinajstić information content (AvgIpc) is 2.41. The second-order valence-corrected chi connectivity index (χ2v) is 5.46. The number of hydrogen-bond acceptors (Lipinski definition) is 3. The molecule has 0 amide bonds. The van der Waals surface area contributed by atoms with E-state index >= 15 is 0 Å². The molecule has 1 aromatic carbocycles. The van der Waals surface area contributed by atoms with E-state index in [1.165, 1.54) is 4.90 Å². The van der Waals surface area contributed by atoms with Gasteiger partial charge in [0.1, 0.15) is 0 Å². The zero-order valence-corrected chi connectivity index (χ0v) is 11.0. The molecule has 1 saturated heterocycles. The maximum atomic E-state index is 5.72. The number of benzene rings is 1. The Hall–Kier alpha value is -0.510. The predicted molar refractivity (Wildman–Crippen MR) is 71.5 cm³/mol. The first-order valence-electron chi connectivity index (χ1n) is 6.28. The van der Waals surface area contributed by atoms with Gasteiger partial charge in [-0.05, 0) is 30.9 Å². The lowest BCUT2D eigenvalue weighted by molar-refractivity contribution is 0.0244. The highest BCUT2D eigenvalue weighted by Crippen LogP contribution is 2.17. The molecule has 1 fully saturated rings. The lowest BCUT2D eigenvalue weighted by atomic mass is 10.0. The second-order valence-electron chi connectivity index (χ2n) is 4.29. The minimum atomic E-state index is 0.713. The topological polar surface area (TPSA) is 18.5 Å². The van der Waals surface area contributed by atoms with Gasteiger partial charge < -0.3 is 9.47 Å². The molecule has 1 aliphatic rings. The van der Waals surface area contributed by atoms with Crippen LogP contribution in [0.3, 0.4) is 0 Å². The summed E-state index contributed by atoms with van der Waals surface area (Å²) in [7, 11) is 0. The number of thioether (sulfide) groups is 1. The van der Waals surface area contributed by atoms with Crippen molar-refractivity contribution in [1.29, 1.82) is 0 Å². The molecular weight excluding hydrogens is 232 g/mol. The molecular formula is C14H20O2S. The van der Waals surface area contributed by atoms with Gasteiger partial charge in [-0.1, -0.05) is 18.2 Å².